The Labute approximate surface area is 119 Å². The maximum atomic E-state index is 11.8. The fraction of sp³-hybridized carbons (Fsp3) is 0.467. The summed E-state index contributed by atoms with van der Waals surface area (Å²) in [6.45, 7) is 4.38. The summed E-state index contributed by atoms with van der Waals surface area (Å²) in [5, 5.41) is 7.58. The van der Waals surface area contributed by atoms with Gasteiger partial charge in [-0.3, -0.25) is 4.57 Å². The van der Waals surface area contributed by atoms with E-state index in [0.717, 1.165) is 24.2 Å². The Hall–Kier alpha value is -2.04. The number of benzene rings is 1. The zero-order valence-corrected chi connectivity index (χ0v) is 12.3. The van der Waals surface area contributed by atoms with Gasteiger partial charge in [0.25, 0.3) is 0 Å². The summed E-state index contributed by atoms with van der Waals surface area (Å²) < 4.78 is 2.85. The van der Waals surface area contributed by atoms with Gasteiger partial charge < -0.3 is 5.32 Å². The molecule has 0 unspecified atom stereocenters. The molecule has 1 aromatic carbocycles. The van der Waals surface area contributed by atoms with Crippen molar-refractivity contribution in [2.24, 2.45) is 7.05 Å². The quantitative estimate of drug-likeness (QED) is 0.880. The largest absolute Gasteiger partial charge is 0.382 e. The second-order valence-electron chi connectivity index (χ2n) is 5.02. The van der Waals surface area contributed by atoms with Gasteiger partial charge >= 0.3 is 5.69 Å². The summed E-state index contributed by atoms with van der Waals surface area (Å²) in [4.78, 5) is 11.8. The first-order valence-electron chi connectivity index (χ1n) is 7.13. The normalized spacial score (nSPS) is 12.3. The van der Waals surface area contributed by atoms with Gasteiger partial charge in [0.15, 0.2) is 0 Å². The summed E-state index contributed by atoms with van der Waals surface area (Å²) in [6.07, 6.45) is 4.96. The first kappa shape index (κ1) is 14.4. The van der Waals surface area contributed by atoms with Gasteiger partial charge in [-0.2, -0.15) is 9.78 Å². The third kappa shape index (κ3) is 3.10. The molecule has 0 spiro atoms. The number of rotatable bonds is 6. The highest BCUT2D eigenvalue weighted by Crippen LogP contribution is 2.15. The molecular formula is C15H22N4O. The predicted molar refractivity (Wildman–Crippen MR) is 81.4 cm³/mol. The standard InChI is InChI=1S/C15H22N4O/c1-4-6-12(5-2)17-13-7-9-14(10-8-13)19-15(20)18(3)11-16-19/h7-12,17H,4-6H2,1-3H3/t12-/m1/s1. The van der Waals surface area contributed by atoms with Crippen LogP contribution in [0.4, 0.5) is 5.69 Å². The molecule has 108 valence electrons. The van der Waals surface area contributed by atoms with Crippen molar-refractivity contribution in [3.05, 3.63) is 41.1 Å². The van der Waals surface area contributed by atoms with Gasteiger partial charge in [0.2, 0.25) is 0 Å². The summed E-state index contributed by atoms with van der Waals surface area (Å²) >= 11 is 0. The Morgan fingerprint density at radius 3 is 2.45 bits per heavy atom. The number of nitrogens with zero attached hydrogens (tertiary/aromatic N) is 3. The molecule has 0 saturated carbocycles. The van der Waals surface area contributed by atoms with Crippen LogP contribution in [0.25, 0.3) is 5.69 Å². The van der Waals surface area contributed by atoms with Crippen LogP contribution in [0, 0.1) is 0 Å². The average molecular weight is 274 g/mol. The molecule has 0 bridgehead atoms. The van der Waals surface area contributed by atoms with Crippen molar-refractivity contribution in [3.8, 4) is 5.69 Å². The molecule has 0 aliphatic heterocycles. The SMILES string of the molecule is CCC[C@@H](CC)Nc1ccc(-n2ncn(C)c2=O)cc1. The van der Waals surface area contributed by atoms with Gasteiger partial charge in [-0.1, -0.05) is 20.3 Å². The molecule has 2 rings (SSSR count). The zero-order valence-electron chi connectivity index (χ0n) is 12.3. The van der Waals surface area contributed by atoms with E-state index in [4.69, 9.17) is 0 Å². The fourth-order valence-corrected chi connectivity index (χ4v) is 2.22. The van der Waals surface area contributed by atoms with Gasteiger partial charge in [0.05, 0.1) is 5.69 Å². The third-order valence-corrected chi connectivity index (χ3v) is 3.44. The van der Waals surface area contributed by atoms with E-state index in [0.29, 0.717) is 6.04 Å². The van der Waals surface area contributed by atoms with Gasteiger partial charge in [-0.15, -0.1) is 0 Å². The predicted octanol–water partition coefficient (Wildman–Crippen LogP) is 2.56. The van der Waals surface area contributed by atoms with Crippen molar-refractivity contribution in [2.45, 2.75) is 39.2 Å². The van der Waals surface area contributed by atoms with Crippen LogP contribution in [-0.4, -0.2) is 20.4 Å². The number of anilines is 1. The fourth-order valence-electron chi connectivity index (χ4n) is 2.22. The molecule has 1 aromatic heterocycles. The molecule has 1 heterocycles. The van der Waals surface area contributed by atoms with Gasteiger partial charge in [-0.05, 0) is 37.1 Å². The Morgan fingerprint density at radius 2 is 1.95 bits per heavy atom. The second-order valence-corrected chi connectivity index (χ2v) is 5.02. The lowest BCUT2D eigenvalue weighted by Gasteiger charge is -2.17. The number of aryl methyl sites for hydroxylation is 1. The van der Waals surface area contributed by atoms with Crippen LogP contribution in [0.5, 0.6) is 0 Å². The number of hydrogen-bond donors (Lipinski definition) is 1. The lowest BCUT2D eigenvalue weighted by atomic mass is 10.1. The Balaban J connectivity index is 2.14. The summed E-state index contributed by atoms with van der Waals surface area (Å²) in [7, 11) is 1.69. The van der Waals surface area contributed by atoms with Crippen LogP contribution in [0.2, 0.25) is 0 Å². The van der Waals surface area contributed by atoms with Crippen LogP contribution in [-0.2, 0) is 7.05 Å². The molecule has 2 aromatic rings. The molecule has 0 saturated heterocycles. The molecule has 0 amide bonds. The Bertz CT molecular complexity index is 597. The topological polar surface area (TPSA) is 51.9 Å². The molecule has 0 radical (unpaired) electrons. The molecular weight excluding hydrogens is 252 g/mol. The Morgan fingerprint density at radius 1 is 1.25 bits per heavy atom. The maximum absolute atomic E-state index is 11.8. The van der Waals surface area contributed by atoms with Crippen LogP contribution in [0.3, 0.4) is 0 Å². The van der Waals surface area contributed by atoms with Crippen molar-refractivity contribution in [1.82, 2.24) is 14.3 Å². The third-order valence-electron chi connectivity index (χ3n) is 3.44. The summed E-state index contributed by atoms with van der Waals surface area (Å²) in [5.41, 5.74) is 1.73. The first-order valence-corrected chi connectivity index (χ1v) is 7.13. The van der Waals surface area contributed by atoms with Crippen LogP contribution in [0.15, 0.2) is 35.4 Å². The summed E-state index contributed by atoms with van der Waals surface area (Å²) in [6, 6.07) is 8.32. The van der Waals surface area contributed by atoms with E-state index in [-0.39, 0.29) is 5.69 Å². The van der Waals surface area contributed by atoms with Crippen LogP contribution < -0.4 is 11.0 Å². The minimum Gasteiger partial charge on any atom is -0.382 e. The molecule has 20 heavy (non-hydrogen) atoms. The Kier molecular flexibility index (Phi) is 4.61. The molecule has 0 aliphatic rings. The van der Waals surface area contributed by atoms with E-state index < -0.39 is 0 Å². The molecule has 1 N–H and O–H groups in total. The lowest BCUT2D eigenvalue weighted by Crippen LogP contribution is -2.21. The molecule has 0 fully saturated rings. The number of nitrogens with one attached hydrogen (secondary N) is 1. The minimum absolute atomic E-state index is 0.136. The van der Waals surface area contributed by atoms with Crippen molar-refractivity contribution < 1.29 is 0 Å². The van der Waals surface area contributed by atoms with E-state index >= 15 is 0 Å². The van der Waals surface area contributed by atoms with Crippen molar-refractivity contribution in [1.29, 1.82) is 0 Å². The van der Waals surface area contributed by atoms with E-state index in [1.807, 2.05) is 24.3 Å². The second kappa shape index (κ2) is 6.41. The lowest BCUT2D eigenvalue weighted by molar-refractivity contribution is 0.623. The van der Waals surface area contributed by atoms with Crippen LogP contribution >= 0.6 is 0 Å². The molecule has 1 atom stereocenters. The molecule has 0 aliphatic carbocycles. The van der Waals surface area contributed by atoms with Gasteiger partial charge in [-0.25, -0.2) is 4.79 Å². The maximum Gasteiger partial charge on any atom is 0.350 e. The van der Waals surface area contributed by atoms with E-state index in [1.54, 1.807) is 7.05 Å². The molecule has 5 nitrogen and oxygen atoms in total. The highest BCUT2D eigenvalue weighted by Gasteiger charge is 2.06. The first-order chi connectivity index (χ1) is 9.65. The summed E-state index contributed by atoms with van der Waals surface area (Å²) in [5.74, 6) is 0. The van der Waals surface area contributed by atoms with Gasteiger partial charge in [0.1, 0.15) is 6.33 Å². The molecule has 5 heteroatoms. The van der Waals surface area contributed by atoms with Crippen LogP contribution in [0.1, 0.15) is 33.1 Å². The van der Waals surface area contributed by atoms with Crippen molar-refractivity contribution in [2.75, 3.05) is 5.32 Å². The van der Waals surface area contributed by atoms with E-state index in [2.05, 4.69) is 24.3 Å². The van der Waals surface area contributed by atoms with Crippen molar-refractivity contribution >= 4 is 5.69 Å². The average Bonchev–Trinajstić information content (AvgIpc) is 2.79. The van der Waals surface area contributed by atoms with Gasteiger partial charge in [0, 0.05) is 18.8 Å². The minimum atomic E-state index is -0.136. The zero-order chi connectivity index (χ0) is 14.5. The number of aromatic nitrogens is 3. The monoisotopic (exact) mass is 274 g/mol. The van der Waals surface area contributed by atoms with E-state index in [1.165, 1.54) is 22.0 Å². The highest BCUT2D eigenvalue weighted by molar-refractivity contribution is 5.49. The van der Waals surface area contributed by atoms with E-state index in [9.17, 15) is 4.79 Å². The smallest absolute Gasteiger partial charge is 0.350 e. The highest BCUT2D eigenvalue weighted by atomic mass is 16.2. The number of hydrogen-bond acceptors (Lipinski definition) is 3. The van der Waals surface area contributed by atoms with Crippen molar-refractivity contribution in [3.63, 3.8) is 0 Å².